The van der Waals surface area contributed by atoms with E-state index >= 15 is 0 Å². The van der Waals surface area contributed by atoms with Crippen molar-refractivity contribution in [1.82, 2.24) is 18.9 Å². The first-order valence-corrected chi connectivity index (χ1v) is 12.5. The standard InChI is InChI=1S/C23H27ClF3N5O2S/c1-22(2,3)35(33)30(4)21(23(25,26)27)14-8-9-16(18(11-14)34-5)31-10-6-7-15-17(31)13-28-20-12-19(24)29-32(15)20/h8-9,11-13,21H,6-7,10H2,1-5H3/t21-,35?/m0/s1. The van der Waals surface area contributed by atoms with Gasteiger partial charge in [-0.15, -0.1) is 4.31 Å². The van der Waals surface area contributed by atoms with Crippen LogP contribution in [-0.4, -0.2) is 55.1 Å². The molecule has 0 spiro atoms. The van der Waals surface area contributed by atoms with Gasteiger partial charge in [0.1, 0.15) is 10.5 Å². The van der Waals surface area contributed by atoms with E-state index in [1.807, 2.05) is 4.90 Å². The van der Waals surface area contributed by atoms with E-state index in [1.165, 1.54) is 26.3 Å². The fourth-order valence-corrected chi connectivity index (χ4v) is 5.87. The van der Waals surface area contributed by atoms with E-state index in [0.717, 1.165) is 28.5 Å². The lowest BCUT2D eigenvalue weighted by Crippen LogP contribution is -2.46. The molecule has 1 aliphatic heterocycles. The molecule has 0 amide bonds. The van der Waals surface area contributed by atoms with Crippen LogP contribution in [0.1, 0.15) is 44.5 Å². The maximum absolute atomic E-state index is 14.2. The number of aryl methyl sites for hydroxylation is 1. The fraction of sp³-hybridized carbons (Fsp3) is 0.478. The smallest absolute Gasteiger partial charge is 0.412 e. The summed E-state index contributed by atoms with van der Waals surface area (Å²) < 4.78 is 62.6. The molecule has 0 radical (unpaired) electrons. The quantitative estimate of drug-likeness (QED) is 0.408. The third kappa shape index (κ3) is 4.91. The predicted molar refractivity (Wildman–Crippen MR) is 131 cm³/mol. The summed E-state index contributed by atoms with van der Waals surface area (Å²) >= 11 is 4.18. The largest absolute Gasteiger partial charge is 0.597 e. The molecule has 0 saturated carbocycles. The molecule has 1 unspecified atom stereocenters. The monoisotopic (exact) mass is 529 g/mol. The Morgan fingerprint density at radius 2 is 1.91 bits per heavy atom. The molecule has 0 aliphatic carbocycles. The summed E-state index contributed by atoms with van der Waals surface area (Å²) in [5, 5.41) is 4.65. The average Bonchev–Trinajstić information content (AvgIpc) is 3.17. The van der Waals surface area contributed by atoms with Crippen molar-refractivity contribution in [3.8, 4) is 5.75 Å². The van der Waals surface area contributed by atoms with Crippen molar-refractivity contribution in [2.75, 3.05) is 25.6 Å². The number of ether oxygens (including phenoxy) is 1. The first-order valence-electron chi connectivity index (χ1n) is 11.0. The van der Waals surface area contributed by atoms with E-state index < -0.39 is 28.3 Å². The Bertz CT molecular complexity index is 1230. The lowest BCUT2D eigenvalue weighted by molar-refractivity contribution is -0.171. The van der Waals surface area contributed by atoms with Gasteiger partial charge in [-0.25, -0.2) is 9.50 Å². The van der Waals surface area contributed by atoms with Gasteiger partial charge >= 0.3 is 6.18 Å². The summed E-state index contributed by atoms with van der Waals surface area (Å²) in [5.41, 5.74) is 2.88. The number of nitrogens with zero attached hydrogens (tertiary/aromatic N) is 5. The minimum Gasteiger partial charge on any atom is -0.597 e. The summed E-state index contributed by atoms with van der Waals surface area (Å²) in [4.78, 5) is 6.40. The molecule has 35 heavy (non-hydrogen) atoms. The van der Waals surface area contributed by atoms with E-state index in [-0.39, 0.29) is 11.3 Å². The van der Waals surface area contributed by atoms with Gasteiger partial charge in [0.15, 0.2) is 16.8 Å². The van der Waals surface area contributed by atoms with E-state index in [0.29, 0.717) is 23.0 Å². The molecule has 0 bridgehead atoms. The van der Waals surface area contributed by atoms with Crippen LogP contribution in [0.5, 0.6) is 5.75 Å². The van der Waals surface area contributed by atoms with Crippen molar-refractivity contribution in [2.24, 2.45) is 0 Å². The summed E-state index contributed by atoms with van der Waals surface area (Å²) in [6.07, 6.45) is -1.38. The van der Waals surface area contributed by atoms with Crippen LogP contribution in [0.15, 0.2) is 30.5 Å². The van der Waals surface area contributed by atoms with Crippen molar-refractivity contribution >= 4 is 40.0 Å². The van der Waals surface area contributed by atoms with Crippen LogP contribution in [-0.2, 0) is 17.8 Å². The minimum absolute atomic E-state index is 0.0529. The number of halogens is 4. The van der Waals surface area contributed by atoms with Crippen LogP contribution >= 0.6 is 11.6 Å². The second-order valence-electron chi connectivity index (χ2n) is 9.37. The highest BCUT2D eigenvalue weighted by Gasteiger charge is 2.50. The van der Waals surface area contributed by atoms with Gasteiger partial charge in [0.05, 0.1) is 30.4 Å². The van der Waals surface area contributed by atoms with E-state index in [4.69, 9.17) is 16.3 Å². The molecule has 3 heterocycles. The van der Waals surface area contributed by atoms with Crippen LogP contribution in [0.25, 0.3) is 5.65 Å². The average molecular weight is 530 g/mol. The van der Waals surface area contributed by atoms with E-state index in [2.05, 4.69) is 10.1 Å². The van der Waals surface area contributed by atoms with Crippen molar-refractivity contribution < 1.29 is 22.5 Å². The number of alkyl halides is 3. The number of hydrogen-bond acceptors (Lipinski definition) is 6. The van der Waals surface area contributed by atoms with E-state index in [9.17, 15) is 17.7 Å². The molecule has 12 heteroatoms. The molecule has 4 rings (SSSR count). The first-order chi connectivity index (χ1) is 16.3. The van der Waals surface area contributed by atoms with Crippen molar-refractivity contribution in [1.29, 1.82) is 0 Å². The Hall–Kier alpha value is -2.21. The summed E-state index contributed by atoms with van der Waals surface area (Å²) in [6, 6.07) is 4.00. The van der Waals surface area contributed by atoms with Crippen molar-refractivity contribution in [3.05, 3.63) is 46.9 Å². The highest BCUT2D eigenvalue weighted by Crippen LogP contribution is 2.44. The van der Waals surface area contributed by atoms with Crippen LogP contribution in [0.4, 0.5) is 24.5 Å². The minimum atomic E-state index is -4.64. The lowest BCUT2D eigenvalue weighted by atomic mass is 10.0. The Labute approximate surface area is 210 Å². The number of fused-ring (bicyclic) bond motifs is 3. The van der Waals surface area contributed by atoms with Gasteiger partial charge in [0.2, 0.25) is 0 Å². The molecular weight excluding hydrogens is 503 g/mol. The molecule has 2 aromatic heterocycles. The highest BCUT2D eigenvalue weighted by molar-refractivity contribution is 7.90. The summed E-state index contributed by atoms with van der Waals surface area (Å²) in [6.45, 7) is 5.55. The van der Waals surface area contributed by atoms with Gasteiger partial charge in [-0.1, -0.05) is 17.7 Å². The fourth-order valence-electron chi connectivity index (χ4n) is 4.40. The zero-order valence-electron chi connectivity index (χ0n) is 20.1. The zero-order valence-corrected chi connectivity index (χ0v) is 21.6. The number of anilines is 2. The van der Waals surface area contributed by atoms with Gasteiger partial charge in [0.25, 0.3) is 0 Å². The third-order valence-corrected chi connectivity index (χ3v) is 7.85. The molecule has 0 fully saturated rings. The predicted octanol–water partition coefficient (Wildman–Crippen LogP) is 5.47. The number of aromatic nitrogens is 3. The zero-order chi connectivity index (χ0) is 25.7. The Kier molecular flexibility index (Phi) is 6.91. The molecule has 1 aromatic carbocycles. The molecule has 190 valence electrons. The van der Waals surface area contributed by atoms with Gasteiger partial charge in [0, 0.05) is 31.0 Å². The molecule has 7 nitrogen and oxygen atoms in total. The Morgan fingerprint density at radius 3 is 2.54 bits per heavy atom. The maximum Gasteiger partial charge on any atom is 0.412 e. The van der Waals surface area contributed by atoms with Crippen molar-refractivity contribution in [2.45, 2.75) is 50.6 Å². The Balaban J connectivity index is 1.77. The second-order valence-corrected chi connectivity index (χ2v) is 12.1. The van der Waals surface area contributed by atoms with Gasteiger partial charge in [-0.2, -0.15) is 18.3 Å². The van der Waals surface area contributed by atoms with E-state index in [1.54, 1.807) is 43.6 Å². The number of hydrogen-bond donors (Lipinski definition) is 0. The normalized spacial score (nSPS) is 16.5. The lowest BCUT2D eigenvalue weighted by Gasteiger charge is -2.36. The van der Waals surface area contributed by atoms with Crippen molar-refractivity contribution in [3.63, 3.8) is 0 Å². The number of rotatable bonds is 5. The van der Waals surface area contributed by atoms with Crippen LogP contribution in [0.3, 0.4) is 0 Å². The number of methoxy groups -OCH3 is 1. The van der Waals surface area contributed by atoms with Crippen LogP contribution in [0.2, 0.25) is 5.15 Å². The summed E-state index contributed by atoms with van der Waals surface area (Å²) in [5.74, 6) is 0.276. The second kappa shape index (κ2) is 9.34. The Morgan fingerprint density at radius 1 is 1.20 bits per heavy atom. The van der Waals surface area contributed by atoms with Crippen LogP contribution in [0, 0.1) is 0 Å². The molecule has 0 saturated heterocycles. The number of benzene rings is 1. The topological polar surface area (TPSA) is 69.0 Å². The van der Waals surface area contributed by atoms with Crippen LogP contribution < -0.4 is 9.64 Å². The molecule has 2 atom stereocenters. The maximum atomic E-state index is 14.2. The third-order valence-electron chi connectivity index (χ3n) is 5.89. The molecule has 1 aliphatic rings. The molecule has 3 aromatic rings. The SMILES string of the molecule is COc1cc([C@H](N(C)[S+]([O-])C(C)(C)C)C(F)(F)F)ccc1N1CCCc2c1cnc1cc(Cl)nn21. The van der Waals surface area contributed by atoms with Gasteiger partial charge in [-0.3, -0.25) is 0 Å². The van der Waals surface area contributed by atoms with Gasteiger partial charge < -0.3 is 14.2 Å². The summed E-state index contributed by atoms with van der Waals surface area (Å²) in [7, 11) is 2.65. The first kappa shape index (κ1) is 25.9. The molecule has 0 N–H and O–H groups in total. The highest BCUT2D eigenvalue weighted by atomic mass is 35.5. The van der Waals surface area contributed by atoms with Gasteiger partial charge in [-0.05, 0) is 51.3 Å². The molecular formula is C23H27ClF3N5O2S.